The van der Waals surface area contributed by atoms with Crippen molar-refractivity contribution >= 4 is 17.3 Å². The Morgan fingerprint density at radius 3 is 2.56 bits per heavy atom. The predicted molar refractivity (Wildman–Crippen MR) is 67.6 cm³/mol. The van der Waals surface area contributed by atoms with Crippen molar-refractivity contribution in [2.75, 3.05) is 5.73 Å². The van der Waals surface area contributed by atoms with Gasteiger partial charge in [-0.25, -0.2) is 0 Å². The van der Waals surface area contributed by atoms with Gasteiger partial charge in [0.1, 0.15) is 0 Å². The van der Waals surface area contributed by atoms with Gasteiger partial charge in [-0.3, -0.25) is 4.68 Å². The lowest BCUT2D eigenvalue weighted by Gasteiger charge is -2.04. The topological polar surface area (TPSA) is 43.8 Å². The zero-order chi connectivity index (χ0) is 11.5. The van der Waals surface area contributed by atoms with Crippen molar-refractivity contribution in [1.29, 1.82) is 0 Å². The second-order valence-corrected chi connectivity index (χ2v) is 3.81. The van der Waals surface area contributed by atoms with Gasteiger partial charge in [0, 0.05) is 7.05 Å². The minimum atomic E-state index is 0.715. The molecule has 1 aromatic heterocycles. The largest absolute Gasteiger partial charge is 0.396 e. The van der Waals surface area contributed by atoms with E-state index in [1.807, 2.05) is 32.2 Å². The third kappa shape index (κ3) is 1.98. The van der Waals surface area contributed by atoms with Crippen LogP contribution in [-0.2, 0) is 7.05 Å². The fourth-order valence-electron chi connectivity index (χ4n) is 1.81. The number of benzene rings is 1. The summed E-state index contributed by atoms with van der Waals surface area (Å²) in [6.45, 7) is 2.04. The molecule has 0 aliphatic heterocycles. The van der Waals surface area contributed by atoms with Gasteiger partial charge in [0.25, 0.3) is 0 Å². The van der Waals surface area contributed by atoms with Gasteiger partial charge >= 0.3 is 0 Å². The van der Waals surface area contributed by atoms with Crippen molar-refractivity contribution in [3.05, 3.63) is 47.8 Å². The van der Waals surface area contributed by atoms with Crippen LogP contribution in [0.15, 0.2) is 36.5 Å². The first-order valence-corrected chi connectivity index (χ1v) is 5.19. The Hall–Kier alpha value is -2.03. The van der Waals surface area contributed by atoms with Crippen LogP contribution >= 0.6 is 0 Å². The first-order chi connectivity index (χ1) is 7.68. The highest BCUT2D eigenvalue weighted by molar-refractivity contribution is 5.83. The number of nitrogens with two attached hydrogens (primary N) is 1. The quantitative estimate of drug-likeness (QED) is 0.833. The molecule has 0 unspecified atom stereocenters. The van der Waals surface area contributed by atoms with E-state index in [2.05, 4.69) is 23.3 Å². The molecule has 0 atom stereocenters. The summed E-state index contributed by atoms with van der Waals surface area (Å²) in [7, 11) is 1.90. The summed E-state index contributed by atoms with van der Waals surface area (Å²) >= 11 is 0. The summed E-state index contributed by atoms with van der Waals surface area (Å²) in [6.07, 6.45) is 3.78. The predicted octanol–water partition coefficient (Wildman–Crippen LogP) is 2.56. The van der Waals surface area contributed by atoms with E-state index in [0.29, 0.717) is 5.69 Å². The number of aryl methyl sites for hydroxylation is 1. The second-order valence-electron chi connectivity index (χ2n) is 3.81. The molecule has 2 rings (SSSR count). The Labute approximate surface area is 95.2 Å². The number of nitrogen functional groups attached to an aromatic ring is 1. The third-order valence-corrected chi connectivity index (χ3v) is 2.52. The maximum absolute atomic E-state index is 5.87. The zero-order valence-corrected chi connectivity index (χ0v) is 9.51. The van der Waals surface area contributed by atoms with Crippen LogP contribution in [0.25, 0.3) is 11.6 Å². The summed E-state index contributed by atoms with van der Waals surface area (Å²) in [5.41, 5.74) is 9.84. The van der Waals surface area contributed by atoms with Gasteiger partial charge in [0.2, 0.25) is 0 Å². The highest BCUT2D eigenvalue weighted by Crippen LogP contribution is 2.22. The van der Waals surface area contributed by atoms with Gasteiger partial charge in [0.15, 0.2) is 0 Å². The average Bonchev–Trinajstić information content (AvgIpc) is 2.60. The molecule has 0 fully saturated rings. The van der Waals surface area contributed by atoms with Gasteiger partial charge in [-0.05, 0) is 24.1 Å². The molecule has 16 heavy (non-hydrogen) atoms. The summed E-state index contributed by atoms with van der Waals surface area (Å²) in [6, 6.07) is 10.2. The molecule has 3 heteroatoms. The number of hydrogen-bond donors (Lipinski definition) is 1. The van der Waals surface area contributed by atoms with Gasteiger partial charge in [0.05, 0.1) is 17.6 Å². The summed E-state index contributed by atoms with van der Waals surface area (Å²) in [5.74, 6) is 0. The SMILES string of the molecule is C/C(=C\c1ccccc1)c1c(N)cnn1C. The van der Waals surface area contributed by atoms with Crippen LogP contribution in [0.4, 0.5) is 5.69 Å². The molecule has 2 aromatic rings. The molecule has 0 aliphatic rings. The smallest absolute Gasteiger partial charge is 0.0865 e. The van der Waals surface area contributed by atoms with Crippen LogP contribution in [0.2, 0.25) is 0 Å². The van der Waals surface area contributed by atoms with Crippen molar-refractivity contribution in [1.82, 2.24) is 9.78 Å². The van der Waals surface area contributed by atoms with E-state index in [9.17, 15) is 0 Å². The number of allylic oxidation sites excluding steroid dienone is 1. The maximum atomic E-state index is 5.87. The lowest BCUT2D eigenvalue weighted by Crippen LogP contribution is -1.98. The van der Waals surface area contributed by atoms with Crippen LogP contribution in [0, 0.1) is 0 Å². The van der Waals surface area contributed by atoms with Gasteiger partial charge in [-0.2, -0.15) is 5.10 Å². The molecule has 0 amide bonds. The Kier molecular flexibility index (Phi) is 2.77. The van der Waals surface area contributed by atoms with Gasteiger partial charge in [-0.1, -0.05) is 30.3 Å². The Bertz CT molecular complexity index is 490. The fraction of sp³-hybridized carbons (Fsp3) is 0.154. The number of nitrogens with zero attached hydrogens (tertiary/aromatic N) is 2. The zero-order valence-electron chi connectivity index (χ0n) is 9.51. The molecule has 82 valence electrons. The van der Waals surface area contributed by atoms with E-state index in [1.54, 1.807) is 10.9 Å². The maximum Gasteiger partial charge on any atom is 0.0865 e. The molecule has 0 bridgehead atoms. The van der Waals surface area contributed by atoms with E-state index in [0.717, 1.165) is 11.3 Å². The molecule has 1 heterocycles. The lowest BCUT2D eigenvalue weighted by atomic mass is 10.1. The first kappa shape index (κ1) is 10.5. The Morgan fingerprint density at radius 1 is 1.31 bits per heavy atom. The van der Waals surface area contributed by atoms with E-state index in [1.165, 1.54) is 5.56 Å². The number of rotatable bonds is 2. The normalized spacial score (nSPS) is 11.8. The minimum absolute atomic E-state index is 0.715. The van der Waals surface area contributed by atoms with Crippen molar-refractivity contribution in [2.45, 2.75) is 6.92 Å². The van der Waals surface area contributed by atoms with Crippen LogP contribution in [0.3, 0.4) is 0 Å². The molecule has 0 saturated carbocycles. The summed E-state index contributed by atoms with van der Waals surface area (Å²) < 4.78 is 1.80. The van der Waals surface area contributed by atoms with E-state index in [4.69, 9.17) is 5.73 Å². The molecule has 0 saturated heterocycles. The lowest BCUT2D eigenvalue weighted by molar-refractivity contribution is 0.756. The summed E-state index contributed by atoms with van der Waals surface area (Å²) in [5, 5.41) is 4.13. The molecule has 0 spiro atoms. The van der Waals surface area contributed by atoms with Crippen molar-refractivity contribution < 1.29 is 0 Å². The van der Waals surface area contributed by atoms with Crippen molar-refractivity contribution in [3.63, 3.8) is 0 Å². The molecule has 0 radical (unpaired) electrons. The van der Waals surface area contributed by atoms with Crippen LogP contribution in [0.1, 0.15) is 18.2 Å². The van der Waals surface area contributed by atoms with Gasteiger partial charge in [-0.15, -0.1) is 0 Å². The number of aromatic nitrogens is 2. The molecule has 3 nitrogen and oxygen atoms in total. The second kappa shape index (κ2) is 4.23. The molecule has 1 aromatic carbocycles. The van der Waals surface area contributed by atoms with E-state index in [-0.39, 0.29) is 0 Å². The average molecular weight is 213 g/mol. The molecule has 0 aliphatic carbocycles. The highest BCUT2D eigenvalue weighted by atomic mass is 15.3. The van der Waals surface area contributed by atoms with Crippen LogP contribution < -0.4 is 5.73 Å². The molecule has 2 N–H and O–H groups in total. The standard InChI is InChI=1S/C13H15N3/c1-10(8-11-6-4-3-5-7-11)13-12(14)9-15-16(13)2/h3-9H,14H2,1-2H3/b10-8+. The van der Waals surface area contributed by atoms with Crippen molar-refractivity contribution in [3.8, 4) is 0 Å². The van der Waals surface area contributed by atoms with Crippen LogP contribution in [0.5, 0.6) is 0 Å². The number of hydrogen-bond acceptors (Lipinski definition) is 2. The van der Waals surface area contributed by atoms with E-state index < -0.39 is 0 Å². The summed E-state index contributed by atoms with van der Waals surface area (Å²) in [4.78, 5) is 0. The third-order valence-electron chi connectivity index (χ3n) is 2.52. The minimum Gasteiger partial charge on any atom is -0.396 e. The Balaban J connectivity index is 2.40. The molecular weight excluding hydrogens is 198 g/mol. The molecular formula is C13H15N3. The van der Waals surface area contributed by atoms with Crippen molar-refractivity contribution in [2.24, 2.45) is 7.05 Å². The van der Waals surface area contributed by atoms with Gasteiger partial charge < -0.3 is 5.73 Å². The monoisotopic (exact) mass is 213 g/mol. The van der Waals surface area contributed by atoms with E-state index >= 15 is 0 Å². The fourth-order valence-corrected chi connectivity index (χ4v) is 1.81. The Morgan fingerprint density at radius 2 is 2.00 bits per heavy atom. The number of anilines is 1. The first-order valence-electron chi connectivity index (χ1n) is 5.19. The van der Waals surface area contributed by atoms with Crippen LogP contribution in [-0.4, -0.2) is 9.78 Å². The highest BCUT2D eigenvalue weighted by Gasteiger charge is 2.06.